The lowest BCUT2D eigenvalue weighted by atomic mass is 10.0. The van der Waals surface area contributed by atoms with E-state index in [1.807, 2.05) is 6.92 Å². The Morgan fingerprint density at radius 1 is 1.45 bits per heavy atom. The summed E-state index contributed by atoms with van der Waals surface area (Å²) in [4.78, 5) is 0. The zero-order valence-corrected chi connectivity index (χ0v) is 7.32. The van der Waals surface area contributed by atoms with Crippen LogP contribution in [0.1, 0.15) is 32.6 Å². The molecule has 11 heavy (non-hydrogen) atoms. The van der Waals surface area contributed by atoms with E-state index in [0.717, 1.165) is 12.3 Å². The molecular formula is C10H17N. The first-order valence-electron chi connectivity index (χ1n) is 4.54. The molecule has 0 amide bonds. The number of hydrogen-bond acceptors (Lipinski definition) is 1. The maximum atomic E-state index is 3.44. The molecule has 0 aromatic rings. The average molecular weight is 151 g/mol. The second kappa shape index (κ2) is 5.21. The second-order valence-electron chi connectivity index (χ2n) is 3.20. The fraction of sp³-hybridized carbons (Fsp3) is 0.800. The molecule has 0 radical (unpaired) electrons. The van der Waals surface area contributed by atoms with Crippen molar-refractivity contribution in [1.29, 1.82) is 0 Å². The van der Waals surface area contributed by atoms with Gasteiger partial charge in [-0.2, -0.15) is 0 Å². The van der Waals surface area contributed by atoms with Crippen LogP contribution in [-0.2, 0) is 0 Å². The van der Waals surface area contributed by atoms with Crippen molar-refractivity contribution in [1.82, 2.24) is 5.32 Å². The molecule has 1 heteroatoms. The van der Waals surface area contributed by atoms with Gasteiger partial charge in [-0.25, -0.2) is 0 Å². The largest absolute Gasteiger partial charge is 0.316 e. The Kier molecular flexibility index (Phi) is 4.08. The normalized spacial score (nSPS) is 25.0. The third-order valence-electron chi connectivity index (χ3n) is 2.22. The van der Waals surface area contributed by atoms with Crippen LogP contribution in [-0.4, -0.2) is 13.1 Å². The minimum atomic E-state index is 0.810. The molecule has 1 nitrogen and oxygen atoms in total. The van der Waals surface area contributed by atoms with Gasteiger partial charge in [-0.15, -0.1) is 11.8 Å². The van der Waals surface area contributed by atoms with Crippen LogP contribution in [0.4, 0.5) is 0 Å². The Morgan fingerprint density at radius 3 is 3.18 bits per heavy atom. The molecule has 1 heterocycles. The van der Waals surface area contributed by atoms with Gasteiger partial charge in [0.05, 0.1) is 0 Å². The Morgan fingerprint density at radius 2 is 2.36 bits per heavy atom. The molecule has 1 saturated heterocycles. The molecule has 0 bridgehead atoms. The van der Waals surface area contributed by atoms with Crippen molar-refractivity contribution in [3.8, 4) is 11.8 Å². The van der Waals surface area contributed by atoms with Gasteiger partial charge in [0.25, 0.3) is 0 Å². The van der Waals surface area contributed by atoms with Gasteiger partial charge in [0, 0.05) is 6.42 Å². The Hall–Kier alpha value is -0.480. The predicted molar refractivity (Wildman–Crippen MR) is 48.3 cm³/mol. The molecule has 1 fully saturated rings. The summed E-state index contributed by atoms with van der Waals surface area (Å²) < 4.78 is 0. The molecule has 1 unspecified atom stereocenters. The fourth-order valence-corrected chi connectivity index (χ4v) is 1.51. The van der Waals surface area contributed by atoms with E-state index in [-0.39, 0.29) is 0 Å². The van der Waals surface area contributed by atoms with Crippen LogP contribution in [0.25, 0.3) is 0 Å². The van der Waals surface area contributed by atoms with E-state index in [1.165, 1.54) is 32.4 Å². The van der Waals surface area contributed by atoms with Crippen molar-refractivity contribution in [2.75, 3.05) is 13.1 Å². The number of hydrogen-bond donors (Lipinski definition) is 1. The first-order chi connectivity index (χ1) is 5.43. The van der Waals surface area contributed by atoms with Gasteiger partial charge >= 0.3 is 0 Å². The Labute approximate surface area is 69.6 Å². The minimum Gasteiger partial charge on any atom is -0.316 e. The third kappa shape index (κ3) is 3.43. The van der Waals surface area contributed by atoms with Gasteiger partial charge in [-0.05, 0) is 38.8 Å². The van der Waals surface area contributed by atoms with Crippen LogP contribution in [0, 0.1) is 17.8 Å². The Balaban J connectivity index is 2.23. The van der Waals surface area contributed by atoms with Gasteiger partial charge in [0.15, 0.2) is 0 Å². The molecule has 0 aliphatic carbocycles. The highest BCUT2D eigenvalue weighted by molar-refractivity contribution is 4.96. The molecule has 1 aliphatic rings. The topological polar surface area (TPSA) is 12.0 Å². The van der Waals surface area contributed by atoms with Crippen LogP contribution in [0.3, 0.4) is 0 Å². The molecule has 0 aromatic heterocycles. The van der Waals surface area contributed by atoms with E-state index < -0.39 is 0 Å². The lowest BCUT2D eigenvalue weighted by molar-refractivity contribution is 0.492. The van der Waals surface area contributed by atoms with Gasteiger partial charge in [0.1, 0.15) is 0 Å². The molecule has 1 N–H and O–H groups in total. The minimum absolute atomic E-state index is 0.810. The molecule has 0 saturated carbocycles. The molecule has 1 rings (SSSR count). The Bertz CT molecular complexity index is 144. The molecular weight excluding hydrogens is 134 g/mol. The van der Waals surface area contributed by atoms with Crippen LogP contribution in [0.15, 0.2) is 0 Å². The first-order valence-corrected chi connectivity index (χ1v) is 4.54. The van der Waals surface area contributed by atoms with Gasteiger partial charge in [-0.1, -0.05) is 6.42 Å². The summed E-state index contributed by atoms with van der Waals surface area (Å²) in [6.07, 6.45) is 5.17. The summed E-state index contributed by atoms with van der Waals surface area (Å²) in [7, 11) is 0. The van der Waals surface area contributed by atoms with E-state index >= 15 is 0 Å². The summed E-state index contributed by atoms with van der Waals surface area (Å²) in [5.74, 6) is 6.92. The quantitative estimate of drug-likeness (QED) is 0.563. The third-order valence-corrected chi connectivity index (χ3v) is 2.22. The van der Waals surface area contributed by atoms with E-state index in [2.05, 4.69) is 17.2 Å². The molecule has 0 spiro atoms. The number of nitrogens with one attached hydrogen (secondary N) is 1. The van der Waals surface area contributed by atoms with Crippen LogP contribution >= 0.6 is 0 Å². The highest BCUT2D eigenvalue weighted by Gasteiger charge is 2.09. The van der Waals surface area contributed by atoms with Crippen molar-refractivity contribution in [3.63, 3.8) is 0 Å². The van der Waals surface area contributed by atoms with E-state index in [1.54, 1.807) is 0 Å². The maximum Gasteiger partial charge on any atom is 0.0129 e. The molecule has 1 aliphatic heterocycles. The van der Waals surface area contributed by atoms with Crippen molar-refractivity contribution >= 4 is 0 Å². The fourth-order valence-electron chi connectivity index (χ4n) is 1.51. The second-order valence-corrected chi connectivity index (χ2v) is 3.20. The maximum absolute atomic E-state index is 3.44. The number of rotatable bonds is 1. The summed E-state index contributed by atoms with van der Waals surface area (Å²) >= 11 is 0. The van der Waals surface area contributed by atoms with Crippen molar-refractivity contribution in [2.45, 2.75) is 32.6 Å². The van der Waals surface area contributed by atoms with Crippen LogP contribution in [0.5, 0.6) is 0 Å². The van der Waals surface area contributed by atoms with E-state index in [9.17, 15) is 0 Å². The van der Waals surface area contributed by atoms with Gasteiger partial charge in [-0.3, -0.25) is 0 Å². The monoisotopic (exact) mass is 151 g/mol. The zero-order valence-electron chi connectivity index (χ0n) is 7.32. The van der Waals surface area contributed by atoms with Gasteiger partial charge in [0.2, 0.25) is 0 Å². The standard InChI is InChI=1S/C10H17N/c1-2-3-6-10-7-4-5-8-11-9-10/h10-11H,4-9H2,1H3. The summed E-state index contributed by atoms with van der Waals surface area (Å²) in [5, 5.41) is 3.44. The van der Waals surface area contributed by atoms with Crippen LogP contribution < -0.4 is 5.32 Å². The summed E-state index contributed by atoms with van der Waals surface area (Å²) in [5.41, 5.74) is 0. The lowest BCUT2D eigenvalue weighted by Crippen LogP contribution is -2.20. The highest BCUT2D eigenvalue weighted by Crippen LogP contribution is 2.13. The van der Waals surface area contributed by atoms with Crippen molar-refractivity contribution in [2.24, 2.45) is 5.92 Å². The predicted octanol–water partition coefficient (Wildman–Crippen LogP) is 1.79. The smallest absolute Gasteiger partial charge is 0.0129 e. The highest BCUT2D eigenvalue weighted by atomic mass is 14.9. The lowest BCUT2D eigenvalue weighted by Gasteiger charge is -2.08. The zero-order chi connectivity index (χ0) is 7.94. The van der Waals surface area contributed by atoms with Crippen LogP contribution in [0.2, 0.25) is 0 Å². The summed E-state index contributed by atoms with van der Waals surface area (Å²) in [6, 6.07) is 0. The van der Waals surface area contributed by atoms with Crippen molar-refractivity contribution in [3.05, 3.63) is 0 Å². The van der Waals surface area contributed by atoms with Gasteiger partial charge < -0.3 is 5.32 Å². The SMILES string of the molecule is CC#CCC1CCCCNC1. The molecule has 0 aromatic carbocycles. The average Bonchev–Trinajstić information content (AvgIpc) is 2.28. The molecule has 62 valence electrons. The summed E-state index contributed by atoms with van der Waals surface area (Å²) in [6.45, 7) is 4.30. The van der Waals surface area contributed by atoms with Crippen molar-refractivity contribution < 1.29 is 0 Å². The molecule has 1 atom stereocenters. The van der Waals surface area contributed by atoms with E-state index in [0.29, 0.717) is 0 Å². The van der Waals surface area contributed by atoms with E-state index in [4.69, 9.17) is 0 Å². The first kappa shape index (κ1) is 8.62.